The fourth-order valence-corrected chi connectivity index (χ4v) is 2.04. The van der Waals surface area contributed by atoms with E-state index in [1.54, 1.807) is 14.2 Å². The van der Waals surface area contributed by atoms with Crippen LogP contribution in [-0.2, 0) is 14.6 Å². The molecule has 2 N–H and O–H groups in total. The minimum atomic E-state index is -2.92. The van der Waals surface area contributed by atoms with E-state index in [1.807, 2.05) is 20.8 Å². The summed E-state index contributed by atoms with van der Waals surface area (Å²) < 4.78 is 27.5. The van der Waals surface area contributed by atoms with E-state index in [2.05, 4.69) is 15.6 Å². The number of aliphatic imine (C=N–C) groups is 1. The number of hydrogen-bond donors (Lipinski definition) is 2. The third-order valence-corrected chi connectivity index (χ3v) is 3.74. The topological polar surface area (TPSA) is 79.8 Å². The van der Waals surface area contributed by atoms with E-state index in [9.17, 15) is 8.42 Å². The highest BCUT2D eigenvalue weighted by molar-refractivity contribution is 7.90. The summed E-state index contributed by atoms with van der Waals surface area (Å²) in [7, 11) is 0.417. The van der Waals surface area contributed by atoms with E-state index in [4.69, 9.17) is 4.74 Å². The molecule has 1 unspecified atom stereocenters. The highest BCUT2D eigenvalue weighted by Crippen LogP contribution is 2.04. The molecule has 1 atom stereocenters. The van der Waals surface area contributed by atoms with Crippen molar-refractivity contribution in [1.29, 1.82) is 0 Å². The van der Waals surface area contributed by atoms with E-state index in [0.29, 0.717) is 18.9 Å². The van der Waals surface area contributed by atoms with Gasteiger partial charge in [-0.15, -0.1) is 0 Å². The van der Waals surface area contributed by atoms with Crippen LogP contribution in [-0.4, -0.2) is 58.7 Å². The van der Waals surface area contributed by atoms with Gasteiger partial charge in [0.25, 0.3) is 0 Å². The van der Waals surface area contributed by atoms with Crippen molar-refractivity contribution >= 4 is 15.8 Å². The fourth-order valence-electron chi connectivity index (χ4n) is 1.26. The molecule has 0 radical (unpaired) electrons. The molecule has 0 aromatic carbocycles. The van der Waals surface area contributed by atoms with Crippen LogP contribution in [0, 0.1) is 0 Å². The second-order valence-electron chi connectivity index (χ2n) is 5.35. The third kappa shape index (κ3) is 9.72. The highest BCUT2D eigenvalue weighted by atomic mass is 32.2. The Kier molecular flexibility index (Phi) is 7.36. The molecule has 0 amide bonds. The summed E-state index contributed by atoms with van der Waals surface area (Å²) in [6, 6.07) is 0.0339. The van der Waals surface area contributed by atoms with Crippen molar-refractivity contribution < 1.29 is 13.2 Å². The molecule has 0 spiro atoms. The summed E-state index contributed by atoms with van der Waals surface area (Å²) in [6.45, 7) is 6.49. The second kappa shape index (κ2) is 7.69. The van der Waals surface area contributed by atoms with Crippen molar-refractivity contribution in [1.82, 2.24) is 10.6 Å². The quantitative estimate of drug-likeness (QED) is 0.525. The van der Waals surface area contributed by atoms with Crippen molar-refractivity contribution in [2.24, 2.45) is 4.99 Å². The molecule has 0 aromatic rings. The van der Waals surface area contributed by atoms with Gasteiger partial charge in [-0.05, 0) is 27.2 Å². The molecule has 6 nitrogen and oxygen atoms in total. The molecule has 0 heterocycles. The van der Waals surface area contributed by atoms with Crippen molar-refractivity contribution in [2.75, 3.05) is 32.7 Å². The van der Waals surface area contributed by atoms with Gasteiger partial charge in [0.15, 0.2) is 5.96 Å². The largest absolute Gasteiger partial charge is 0.377 e. The Morgan fingerprint density at radius 1 is 1.42 bits per heavy atom. The van der Waals surface area contributed by atoms with Gasteiger partial charge in [0.2, 0.25) is 0 Å². The molecule has 0 saturated heterocycles. The Hall–Kier alpha value is -0.820. The smallest absolute Gasteiger partial charge is 0.191 e. The molecule has 0 bridgehead atoms. The molecule has 19 heavy (non-hydrogen) atoms. The van der Waals surface area contributed by atoms with Gasteiger partial charge in [-0.25, -0.2) is 8.42 Å². The van der Waals surface area contributed by atoms with Crippen LogP contribution in [0.5, 0.6) is 0 Å². The monoisotopic (exact) mass is 293 g/mol. The van der Waals surface area contributed by atoms with E-state index >= 15 is 0 Å². The Labute approximate surface area is 116 Å². The van der Waals surface area contributed by atoms with Crippen LogP contribution in [0.15, 0.2) is 4.99 Å². The van der Waals surface area contributed by atoms with Gasteiger partial charge in [-0.2, -0.15) is 0 Å². The third-order valence-electron chi connectivity index (χ3n) is 2.76. The first-order valence-corrected chi connectivity index (χ1v) is 8.36. The van der Waals surface area contributed by atoms with Gasteiger partial charge in [-0.3, -0.25) is 4.99 Å². The van der Waals surface area contributed by atoms with Crippen LogP contribution >= 0.6 is 0 Å². The number of sulfone groups is 1. The number of ether oxygens (including phenoxy) is 1. The zero-order valence-corrected chi connectivity index (χ0v) is 13.6. The Morgan fingerprint density at radius 3 is 2.42 bits per heavy atom. The number of nitrogens with one attached hydrogen (secondary N) is 2. The first-order valence-electron chi connectivity index (χ1n) is 6.29. The van der Waals surface area contributed by atoms with Crippen molar-refractivity contribution in [3.05, 3.63) is 0 Å². The van der Waals surface area contributed by atoms with E-state index in [1.165, 1.54) is 6.26 Å². The molecular formula is C12H27N3O3S. The standard InChI is InChI=1S/C12H27N3O3S/c1-10(7-8-19(6,16)17)15-11(13-4)14-9-12(2,3)18-5/h10H,7-9H2,1-6H3,(H2,13,14,15). The Balaban J connectivity index is 4.20. The SMILES string of the molecule is CN=C(NCC(C)(C)OC)NC(C)CCS(C)(=O)=O. The summed E-state index contributed by atoms with van der Waals surface area (Å²) in [5.74, 6) is 0.813. The summed E-state index contributed by atoms with van der Waals surface area (Å²) >= 11 is 0. The molecule has 0 aromatic heterocycles. The molecule has 0 aliphatic rings. The van der Waals surface area contributed by atoms with E-state index in [0.717, 1.165) is 0 Å². The van der Waals surface area contributed by atoms with Crippen LogP contribution in [0.3, 0.4) is 0 Å². The zero-order chi connectivity index (χ0) is 15.1. The lowest BCUT2D eigenvalue weighted by Crippen LogP contribution is -2.48. The van der Waals surface area contributed by atoms with Gasteiger partial charge in [-0.1, -0.05) is 0 Å². The van der Waals surface area contributed by atoms with Gasteiger partial charge < -0.3 is 15.4 Å². The van der Waals surface area contributed by atoms with E-state index in [-0.39, 0.29) is 17.4 Å². The van der Waals surface area contributed by atoms with Crippen LogP contribution in [0.25, 0.3) is 0 Å². The minimum absolute atomic E-state index is 0.0339. The first-order chi connectivity index (χ1) is 8.59. The van der Waals surface area contributed by atoms with Crippen LogP contribution in [0.2, 0.25) is 0 Å². The number of methoxy groups -OCH3 is 1. The summed E-state index contributed by atoms with van der Waals surface area (Å²) in [6.07, 6.45) is 1.79. The fraction of sp³-hybridized carbons (Fsp3) is 0.917. The lowest BCUT2D eigenvalue weighted by atomic mass is 10.1. The molecule has 0 saturated carbocycles. The van der Waals surface area contributed by atoms with Gasteiger partial charge in [0.1, 0.15) is 9.84 Å². The van der Waals surface area contributed by atoms with Crippen molar-refractivity contribution in [2.45, 2.75) is 38.8 Å². The highest BCUT2D eigenvalue weighted by Gasteiger charge is 2.17. The lowest BCUT2D eigenvalue weighted by molar-refractivity contribution is 0.0268. The summed E-state index contributed by atoms with van der Waals surface area (Å²) in [5.41, 5.74) is -0.284. The maximum absolute atomic E-state index is 11.1. The van der Waals surface area contributed by atoms with Crippen LogP contribution in [0.1, 0.15) is 27.2 Å². The molecule has 0 rings (SSSR count). The molecule has 0 aliphatic heterocycles. The van der Waals surface area contributed by atoms with Crippen molar-refractivity contribution in [3.63, 3.8) is 0 Å². The predicted molar refractivity (Wildman–Crippen MR) is 79.4 cm³/mol. The minimum Gasteiger partial charge on any atom is -0.377 e. The predicted octanol–water partition coefficient (Wildman–Crippen LogP) is 0.400. The number of guanidine groups is 1. The first kappa shape index (κ1) is 18.2. The summed E-state index contributed by atoms with van der Waals surface area (Å²) in [5, 5.41) is 6.31. The molecular weight excluding hydrogens is 266 g/mol. The van der Waals surface area contributed by atoms with Gasteiger partial charge >= 0.3 is 0 Å². The summed E-state index contributed by atoms with van der Waals surface area (Å²) in [4.78, 5) is 4.10. The Morgan fingerprint density at radius 2 is 2.00 bits per heavy atom. The lowest BCUT2D eigenvalue weighted by Gasteiger charge is -2.25. The normalized spacial score (nSPS) is 15.2. The molecule has 114 valence electrons. The number of hydrogen-bond acceptors (Lipinski definition) is 4. The van der Waals surface area contributed by atoms with Gasteiger partial charge in [0, 0.05) is 33.0 Å². The van der Waals surface area contributed by atoms with E-state index < -0.39 is 9.84 Å². The average Bonchev–Trinajstić information content (AvgIpc) is 2.31. The molecule has 0 aliphatic carbocycles. The number of nitrogens with zero attached hydrogens (tertiary/aromatic N) is 1. The second-order valence-corrected chi connectivity index (χ2v) is 7.61. The average molecular weight is 293 g/mol. The Bertz CT molecular complexity index is 391. The molecule has 0 fully saturated rings. The molecule has 7 heteroatoms. The maximum atomic E-state index is 11.1. The number of rotatable bonds is 7. The zero-order valence-electron chi connectivity index (χ0n) is 12.8. The maximum Gasteiger partial charge on any atom is 0.191 e. The van der Waals surface area contributed by atoms with Gasteiger partial charge in [0.05, 0.1) is 11.4 Å². The van der Waals surface area contributed by atoms with Crippen LogP contribution < -0.4 is 10.6 Å². The van der Waals surface area contributed by atoms with Crippen molar-refractivity contribution in [3.8, 4) is 0 Å². The van der Waals surface area contributed by atoms with Crippen LogP contribution in [0.4, 0.5) is 0 Å².